The van der Waals surface area contributed by atoms with Gasteiger partial charge in [-0.1, -0.05) is 43.7 Å². The lowest BCUT2D eigenvalue weighted by molar-refractivity contribution is 0.298. The van der Waals surface area contributed by atoms with Crippen molar-refractivity contribution in [1.82, 2.24) is 10.2 Å². The van der Waals surface area contributed by atoms with Crippen molar-refractivity contribution in [3.63, 3.8) is 0 Å². The quantitative estimate of drug-likeness (QED) is 0.676. The highest BCUT2D eigenvalue weighted by molar-refractivity contribution is 5.21. The molecule has 2 heteroatoms. The third-order valence-electron chi connectivity index (χ3n) is 3.43. The monoisotopic (exact) mass is 248 g/mol. The minimum Gasteiger partial charge on any atom is -0.316 e. The fourth-order valence-electron chi connectivity index (χ4n) is 2.08. The minimum atomic E-state index is 1.08. The van der Waals surface area contributed by atoms with E-state index in [1.165, 1.54) is 37.2 Å². The number of hydrogen-bond donors (Lipinski definition) is 1. The number of benzene rings is 1. The molecule has 102 valence electrons. The van der Waals surface area contributed by atoms with Gasteiger partial charge in [0.05, 0.1) is 0 Å². The highest BCUT2D eigenvalue weighted by atomic mass is 15.1. The predicted molar refractivity (Wildman–Crippen MR) is 80.2 cm³/mol. The highest BCUT2D eigenvalue weighted by Gasteiger charge is 1.97. The SMILES string of the molecule is CCN(CC)CCCNCCc1ccc(C)cc1. The molecular weight excluding hydrogens is 220 g/mol. The number of rotatable bonds is 9. The summed E-state index contributed by atoms with van der Waals surface area (Å²) >= 11 is 0. The predicted octanol–water partition coefficient (Wildman–Crippen LogP) is 2.86. The van der Waals surface area contributed by atoms with Crippen molar-refractivity contribution in [2.75, 3.05) is 32.7 Å². The third-order valence-corrected chi connectivity index (χ3v) is 3.43. The number of nitrogens with one attached hydrogen (secondary N) is 1. The average molecular weight is 248 g/mol. The van der Waals surface area contributed by atoms with Crippen LogP contribution in [0.4, 0.5) is 0 Å². The van der Waals surface area contributed by atoms with Crippen LogP contribution in [0.1, 0.15) is 31.4 Å². The fourth-order valence-corrected chi connectivity index (χ4v) is 2.08. The summed E-state index contributed by atoms with van der Waals surface area (Å²) in [6, 6.07) is 8.84. The Morgan fingerprint density at radius 1 is 1.00 bits per heavy atom. The molecule has 1 N–H and O–H groups in total. The Labute approximate surface area is 112 Å². The second kappa shape index (κ2) is 9.12. The van der Waals surface area contributed by atoms with Crippen molar-refractivity contribution in [1.29, 1.82) is 0 Å². The van der Waals surface area contributed by atoms with Crippen LogP contribution in [0.2, 0.25) is 0 Å². The lowest BCUT2D eigenvalue weighted by atomic mass is 10.1. The van der Waals surface area contributed by atoms with E-state index >= 15 is 0 Å². The number of aryl methyl sites for hydroxylation is 1. The molecule has 2 nitrogen and oxygen atoms in total. The molecular formula is C16H28N2. The van der Waals surface area contributed by atoms with Gasteiger partial charge in [0.25, 0.3) is 0 Å². The van der Waals surface area contributed by atoms with Gasteiger partial charge in [0.1, 0.15) is 0 Å². The Morgan fingerprint density at radius 2 is 1.67 bits per heavy atom. The molecule has 0 atom stereocenters. The van der Waals surface area contributed by atoms with Crippen molar-refractivity contribution < 1.29 is 0 Å². The van der Waals surface area contributed by atoms with E-state index in [2.05, 4.69) is 55.3 Å². The van der Waals surface area contributed by atoms with Crippen LogP contribution in [0.3, 0.4) is 0 Å². The van der Waals surface area contributed by atoms with Crippen molar-refractivity contribution in [3.05, 3.63) is 35.4 Å². The van der Waals surface area contributed by atoms with Crippen LogP contribution >= 0.6 is 0 Å². The maximum absolute atomic E-state index is 3.53. The van der Waals surface area contributed by atoms with Crippen LogP contribution < -0.4 is 5.32 Å². The zero-order valence-corrected chi connectivity index (χ0v) is 12.2. The molecule has 0 radical (unpaired) electrons. The second-order valence-corrected chi connectivity index (χ2v) is 4.87. The van der Waals surface area contributed by atoms with Gasteiger partial charge in [-0.2, -0.15) is 0 Å². The number of hydrogen-bond acceptors (Lipinski definition) is 2. The van der Waals surface area contributed by atoms with Gasteiger partial charge in [0.15, 0.2) is 0 Å². The molecule has 0 fully saturated rings. The fraction of sp³-hybridized carbons (Fsp3) is 0.625. The average Bonchev–Trinajstić information content (AvgIpc) is 2.40. The summed E-state index contributed by atoms with van der Waals surface area (Å²) in [7, 11) is 0. The molecule has 0 saturated carbocycles. The van der Waals surface area contributed by atoms with Gasteiger partial charge in [-0.15, -0.1) is 0 Å². The molecule has 0 saturated heterocycles. The van der Waals surface area contributed by atoms with Crippen LogP contribution in [0.15, 0.2) is 24.3 Å². The molecule has 1 rings (SSSR count). The summed E-state index contributed by atoms with van der Waals surface area (Å²) in [5.74, 6) is 0. The van der Waals surface area contributed by atoms with Gasteiger partial charge in [0.2, 0.25) is 0 Å². The summed E-state index contributed by atoms with van der Waals surface area (Å²) in [6.45, 7) is 12.4. The first-order valence-electron chi connectivity index (χ1n) is 7.24. The van der Waals surface area contributed by atoms with E-state index < -0.39 is 0 Å². The summed E-state index contributed by atoms with van der Waals surface area (Å²) in [5, 5.41) is 3.53. The van der Waals surface area contributed by atoms with Crippen LogP contribution in [0.5, 0.6) is 0 Å². The molecule has 0 unspecified atom stereocenters. The third kappa shape index (κ3) is 6.18. The first kappa shape index (κ1) is 15.2. The van der Waals surface area contributed by atoms with Gasteiger partial charge in [-0.3, -0.25) is 0 Å². The summed E-state index contributed by atoms with van der Waals surface area (Å²) in [6.07, 6.45) is 2.38. The smallest absolute Gasteiger partial charge is 0.000687 e. The van der Waals surface area contributed by atoms with Gasteiger partial charge in [0, 0.05) is 0 Å². The second-order valence-electron chi connectivity index (χ2n) is 4.87. The first-order chi connectivity index (χ1) is 8.76. The molecule has 18 heavy (non-hydrogen) atoms. The van der Waals surface area contributed by atoms with Crippen LogP contribution in [-0.2, 0) is 6.42 Å². The number of nitrogens with zero attached hydrogens (tertiary/aromatic N) is 1. The van der Waals surface area contributed by atoms with Crippen LogP contribution in [0, 0.1) is 6.92 Å². The minimum absolute atomic E-state index is 1.08. The van der Waals surface area contributed by atoms with Gasteiger partial charge < -0.3 is 10.2 Å². The van der Waals surface area contributed by atoms with E-state index in [1.807, 2.05) is 0 Å². The van der Waals surface area contributed by atoms with Crippen molar-refractivity contribution in [2.45, 2.75) is 33.6 Å². The Balaban J connectivity index is 2.03. The van der Waals surface area contributed by atoms with Crippen LogP contribution in [0.25, 0.3) is 0 Å². The molecule has 0 bridgehead atoms. The molecule has 1 aromatic carbocycles. The Kier molecular flexibility index (Phi) is 7.70. The van der Waals surface area contributed by atoms with E-state index in [0.29, 0.717) is 0 Å². The van der Waals surface area contributed by atoms with E-state index in [4.69, 9.17) is 0 Å². The lowest BCUT2D eigenvalue weighted by Crippen LogP contribution is -2.27. The lowest BCUT2D eigenvalue weighted by Gasteiger charge is -2.17. The van der Waals surface area contributed by atoms with Crippen molar-refractivity contribution in [3.8, 4) is 0 Å². The van der Waals surface area contributed by atoms with E-state index in [9.17, 15) is 0 Å². The van der Waals surface area contributed by atoms with Crippen LogP contribution in [-0.4, -0.2) is 37.6 Å². The molecule has 0 aromatic heterocycles. The molecule has 0 amide bonds. The Bertz CT molecular complexity index is 301. The normalized spacial score (nSPS) is 11.1. The topological polar surface area (TPSA) is 15.3 Å². The zero-order chi connectivity index (χ0) is 13.2. The van der Waals surface area contributed by atoms with Crippen molar-refractivity contribution >= 4 is 0 Å². The van der Waals surface area contributed by atoms with E-state index in [-0.39, 0.29) is 0 Å². The van der Waals surface area contributed by atoms with Gasteiger partial charge in [-0.05, 0) is 58.1 Å². The molecule has 0 aliphatic rings. The maximum atomic E-state index is 3.53. The largest absolute Gasteiger partial charge is 0.316 e. The Hall–Kier alpha value is -0.860. The Morgan fingerprint density at radius 3 is 2.28 bits per heavy atom. The van der Waals surface area contributed by atoms with Crippen molar-refractivity contribution in [2.24, 2.45) is 0 Å². The van der Waals surface area contributed by atoms with E-state index in [1.54, 1.807) is 0 Å². The van der Waals surface area contributed by atoms with E-state index in [0.717, 1.165) is 19.5 Å². The molecule has 0 aliphatic carbocycles. The summed E-state index contributed by atoms with van der Waals surface area (Å²) in [4.78, 5) is 2.47. The van der Waals surface area contributed by atoms with Gasteiger partial charge >= 0.3 is 0 Å². The highest BCUT2D eigenvalue weighted by Crippen LogP contribution is 2.03. The summed E-state index contributed by atoms with van der Waals surface area (Å²) < 4.78 is 0. The molecule has 0 heterocycles. The maximum Gasteiger partial charge on any atom is -0.000687 e. The zero-order valence-electron chi connectivity index (χ0n) is 12.2. The first-order valence-corrected chi connectivity index (χ1v) is 7.24. The van der Waals surface area contributed by atoms with Gasteiger partial charge in [-0.25, -0.2) is 0 Å². The molecule has 0 spiro atoms. The standard InChI is InChI=1S/C16H28N2/c1-4-18(5-2)14-6-12-17-13-11-16-9-7-15(3)8-10-16/h7-10,17H,4-6,11-14H2,1-3H3. The summed E-state index contributed by atoms with van der Waals surface area (Å²) in [5.41, 5.74) is 2.77. The molecule has 1 aromatic rings. The molecule has 0 aliphatic heterocycles.